The average molecular weight is 467 g/mol. The number of benzene rings is 2. The molecule has 0 unspecified atom stereocenters. The zero-order valence-corrected chi connectivity index (χ0v) is 19.0. The first-order valence-electron chi connectivity index (χ1n) is 10.1. The van der Waals surface area contributed by atoms with Crippen LogP contribution in [0.25, 0.3) is 0 Å². The van der Waals surface area contributed by atoms with Crippen molar-refractivity contribution in [3.05, 3.63) is 48.5 Å². The van der Waals surface area contributed by atoms with E-state index in [0.717, 1.165) is 21.3 Å². The number of aliphatic hydroxyl groups is 2. The number of hydrogen-bond donors (Lipinski definition) is 4. The number of thioether (sulfide) groups is 2. The number of phenols is 2. The molecular weight excluding hydrogens is 436 g/mol. The maximum atomic E-state index is 12.7. The number of phenolic OH excluding ortho intramolecular Hbond substituents is 2. The van der Waals surface area contributed by atoms with Gasteiger partial charge < -0.3 is 25.3 Å². The molecule has 0 saturated heterocycles. The molecule has 0 aliphatic carbocycles. The van der Waals surface area contributed by atoms with Crippen molar-refractivity contribution in [2.75, 3.05) is 57.4 Å². The van der Waals surface area contributed by atoms with Crippen LogP contribution in [0.1, 0.15) is 0 Å². The Kier molecular flexibility index (Phi) is 11.6. The third-order valence-electron chi connectivity index (χ3n) is 4.48. The van der Waals surface area contributed by atoms with Gasteiger partial charge >= 0.3 is 0 Å². The van der Waals surface area contributed by atoms with Gasteiger partial charge in [-0.3, -0.25) is 9.69 Å². The van der Waals surface area contributed by atoms with Crippen LogP contribution in [-0.4, -0.2) is 93.6 Å². The Morgan fingerprint density at radius 2 is 1.13 bits per heavy atom. The van der Waals surface area contributed by atoms with Gasteiger partial charge in [0.25, 0.3) is 0 Å². The minimum atomic E-state index is -0.140. The summed E-state index contributed by atoms with van der Waals surface area (Å²) in [5.41, 5.74) is 0. The molecule has 4 N–H and O–H groups in total. The maximum absolute atomic E-state index is 12.7. The van der Waals surface area contributed by atoms with Crippen molar-refractivity contribution in [3.8, 4) is 11.5 Å². The Morgan fingerprint density at radius 1 is 0.710 bits per heavy atom. The van der Waals surface area contributed by atoms with E-state index in [0.29, 0.717) is 13.1 Å². The fourth-order valence-corrected chi connectivity index (χ4v) is 4.66. The van der Waals surface area contributed by atoms with Crippen LogP contribution < -0.4 is 0 Å². The highest BCUT2D eigenvalue weighted by Crippen LogP contribution is 2.22. The molecule has 7 nitrogen and oxygen atoms in total. The van der Waals surface area contributed by atoms with Crippen molar-refractivity contribution in [2.24, 2.45) is 0 Å². The Labute approximate surface area is 191 Å². The van der Waals surface area contributed by atoms with Crippen molar-refractivity contribution < 1.29 is 25.2 Å². The van der Waals surface area contributed by atoms with Gasteiger partial charge in [0, 0.05) is 47.5 Å². The second-order valence-electron chi connectivity index (χ2n) is 6.79. The van der Waals surface area contributed by atoms with E-state index in [4.69, 9.17) is 0 Å². The molecule has 0 radical (unpaired) electrons. The SMILES string of the molecule is O=C(CN(CCSc1ccc(O)cc1)CCSc1ccc(O)cc1)N(CCO)CCO. The van der Waals surface area contributed by atoms with Gasteiger partial charge in [-0.2, -0.15) is 0 Å². The second-order valence-corrected chi connectivity index (χ2v) is 9.13. The Balaban J connectivity index is 1.91. The molecule has 31 heavy (non-hydrogen) atoms. The first-order valence-corrected chi connectivity index (χ1v) is 12.0. The molecule has 0 heterocycles. The van der Waals surface area contributed by atoms with E-state index in [1.165, 1.54) is 4.90 Å². The molecule has 2 aromatic rings. The van der Waals surface area contributed by atoms with Crippen molar-refractivity contribution >= 4 is 29.4 Å². The highest BCUT2D eigenvalue weighted by atomic mass is 32.2. The van der Waals surface area contributed by atoms with E-state index in [9.17, 15) is 25.2 Å². The first kappa shape index (κ1) is 25.4. The lowest BCUT2D eigenvalue weighted by Crippen LogP contribution is -2.44. The summed E-state index contributed by atoms with van der Waals surface area (Å²) >= 11 is 3.31. The van der Waals surface area contributed by atoms with Gasteiger partial charge in [-0.15, -0.1) is 23.5 Å². The third kappa shape index (κ3) is 9.84. The molecule has 0 fully saturated rings. The van der Waals surface area contributed by atoms with Crippen LogP contribution in [0.3, 0.4) is 0 Å². The Bertz CT molecular complexity index is 717. The van der Waals surface area contributed by atoms with E-state index in [2.05, 4.69) is 4.90 Å². The standard InChI is InChI=1S/C22H30N2O5S2/c25-13-9-24(10-14-26)22(29)17-23(11-15-30-20-5-1-18(27)2-6-20)12-16-31-21-7-3-19(28)4-8-21/h1-8,25-28H,9-17H2. The van der Waals surface area contributed by atoms with Gasteiger partial charge in [-0.25, -0.2) is 0 Å². The van der Waals surface area contributed by atoms with Crippen molar-refractivity contribution in [2.45, 2.75) is 9.79 Å². The van der Waals surface area contributed by atoms with Crippen LogP contribution in [0.15, 0.2) is 58.3 Å². The third-order valence-corrected chi connectivity index (χ3v) is 6.46. The van der Waals surface area contributed by atoms with Crippen LogP contribution >= 0.6 is 23.5 Å². The molecule has 0 bridgehead atoms. The van der Waals surface area contributed by atoms with Crippen LogP contribution in [0.4, 0.5) is 0 Å². The Morgan fingerprint density at radius 3 is 1.52 bits per heavy atom. The summed E-state index contributed by atoms with van der Waals surface area (Å²) in [6, 6.07) is 14.1. The van der Waals surface area contributed by atoms with Crippen LogP contribution in [0.2, 0.25) is 0 Å². The quantitative estimate of drug-likeness (QED) is 0.314. The van der Waals surface area contributed by atoms with E-state index in [1.54, 1.807) is 47.8 Å². The van der Waals surface area contributed by atoms with E-state index < -0.39 is 0 Å². The minimum Gasteiger partial charge on any atom is -0.508 e. The van der Waals surface area contributed by atoms with Gasteiger partial charge in [-0.05, 0) is 48.5 Å². The molecule has 1 amide bonds. The fraction of sp³-hybridized carbons (Fsp3) is 0.409. The molecule has 0 aromatic heterocycles. The highest BCUT2D eigenvalue weighted by Gasteiger charge is 2.17. The van der Waals surface area contributed by atoms with Gasteiger partial charge in [0.1, 0.15) is 11.5 Å². The van der Waals surface area contributed by atoms with E-state index >= 15 is 0 Å². The largest absolute Gasteiger partial charge is 0.508 e. The number of aliphatic hydroxyl groups excluding tert-OH is 2. The molecule has 0 spiro atoms. The van der Waals surface area contributed by atoms with Gasteiger partial charge in [-0.1, -0.05) is 0 Å². The smallest absolute Gasteiger partial charge is 0.236 e. The lowest BCUT2D eigenvalue weighted by Gasteiger charge is -2.26. The zero-order valence-electron chi connectivity index (χ0n) is 17.4. The summed E-state index contributed by atoms with van der Waals surface area (Å²) in [6.45, 7) is 1.74. The lowest BCUT2D eigenvalue weighted by molar-refractivity contribution is -0.133. The molecule has 170 valence electrons. The fourth-order valence-electron chi connectivity index (χ4n) is 2.83. The summed E-state index contributed by atoms with van der Waals surface area (Å²) in [5.74, 6) is 1.91. The summed E-state index contributed by atoms with van der Waals surface area (Å²) in [4.78, 5) is 18.3. The number of nitrogens with zero attached hydrogens (tertiary/aromatic N) is 2. The molecule has 9 heteroatoms. The van der Waals surface area contributed by atoms with Crippen LogP contribution in [-0.2, 0) is 4.79 Å². The molecule has 0 aliphatic rings. The molecule has 2 aromatic carbocycles. The van der Waals surface area contributed by atoms with Crippen LogP contribution in [0.5, 0.6) is 11.5 Å². The molecular formula is C22H30N2O5S2. The number of hydrogen-bond acceptors (Lipinski definition) is 8. The van der Waals surface area contributed by atoms with Crippen molar-refractivity contribution in [1.29, 1.82) is 0 Å². The number of amides is 1. The summed E-state index contributed by atoms with van der Waals surface area (Å²) in [5, 5.41) is 37.2. The maximum Gasteiger partial charge on any atom is 0.236 e. The molecule has 0 aliphatic heterocycles. The number of carbonyl (C=O) groups excluding carboxylic acids is 1. The van der Waals surface area contributed by atoms with Crippen molar-refractivity contribution in [1.82, 2.24) is 9.80 Å². The summed E-state index contributed by atoms with van der Waals surface area (Å²) < 4.78 is 0. The van der Waals surface area contributed by atoms with E-state index in [-0.39, 0.29) is 50.3 Å². The van der Waals surface area contributed by atoms with Crippen LogP contribution in [0, 0.1) is 0 Å². The van der Waals surface area contributed by atoms with Crippen molar-refractivity contribution in [3.63, 3.8) is 0 Å². The lowest BCUT2D eigenvalue weighted by atomic mass is 10.3. The summed E-state index contributed by atoms with van der Waals surface area (Å²) in [7, 11) is 0. The topological polar surface area (TPSA) is 104 Å². The van der Waals surface area contributed by atoms with Gasteiger partial charge in [0.15, 0.2) is 0 Å². The predicted molar refractivity (Wildman–Crippen MR) is 125 cm³/mol. The number of carbonyl (C=O) groups is 1. The molecule has 0 atom stereocenters. The molecule has 0 saturated carbocycles. The first-order chi connectivity index (χ1) is 15.0. The molecule has 2 rings (SSSR count). The average Bonchev–Trinajstić information content (AvgIpc) is 2.76. The minimum absolute atomic E-state index is 0.118. The van der Waals surface area contributed by atoms with E-state index in [1.807, 2.05) is 24.3 Å². The van der Waals surface area contributed by atoms with Gasteiger partial charge in [0.05, 0.1) is 19.8 Å². The number of rotatable bonds is 14. The summed E-state index contributed by atoms with van der Waals surface area (Å²) in [6.07, 6.45) is 0. The Hall–Kier alpha value is -1.91. The highest BCUT2D eigenvalue weighted by molar-refractivity contribution is 7.99. The predicted octanol–water partition coefficient (Wildman–Crippen LogP) is 2.10. The monoisotopic (exact) mass is 466 g/mol. The van der Waals surface area contributed by atoms with Gasteiger partial charge in [0.2, 0.25) is 5.91 Å². The second kappa shape index (κ2) is 14.2. The zero-order chi connectivity index (χ0) is 22.5. The number of aromatic hydroxyl groups is 2. The normalized spacial score (nSPS) is 11.1.